The number of hydrogen-bond donors (Lipinski definition) is 2. The molecular formula is C30H26BrClN2O2. The first-order valence-corrected chi connectivity index (χ1v) is 13.0. The number of amidine groups is 1. The lowest BCUT2D eigenvalue weighted by atomic mass is 9.67. The number of aliphatic hydroxyl groups excluding tert-OH is 1. The van der Waals surface area contributed by atoms with Crippen molar-refractivity contribution in [1.29, 1.82) is 5.41 Å². The standard InChI is InChI=1S/C30H26BrClN2O2/c1-30(2)16-23-26(24(35)17-30)25(21-13-6-7-14-22(21)32)27(28(36)18-9-4-3-5-10-18)29(33)34(23)20-12-8-11-19(31)15-20/h3-15,25,33,36H,16-17H2,1-2H3/b28-27+,33-29?. The van der Waals surface area contributed by atoms with E-state index in [4.69, 9.17) is 11.6 Å². The Morgan fingerprint density at radius 3 is 2.42 bits per heavy atom. The molecule has 1 aliphatic heterocycles. The highest BCUT2D eigenvalue weighted by Crippen LogP contribution is 2.52. The number of benzene rings is 3. The topological polar surface area (TPSA) is 64.4 Å². The van der Waals surface area contributed by atoms with Gasteiger partial charge in [0.15, 0.2) is 5.78 Å². The molecule has 0 spiro atoms. The van der Waals surface area contributed by atoms with Crippen LogP contribution >= 0.6 is 27.5 Å². The number of Topliss-reactive ketones (excluding diaryl/α,β-unsaturated/α-hetero) is 1. The Balaban J connectivity index is 1.88. The van der Waals surface area contributed by atoms with Gasteiger partial charge < -0.3 is 5.11 Å². The molecule has 2 aliphatic rings. The third kappa shape index (κ3) is 4.31. The van der Waals surface area contributed by atoms with Gasteiger partial charge in [-0.1, -0.05) is 96.0 Å². The van der Waals surface area contributed by atoms with Crippen molar-refractivity contribution in [2.24, 2.45) is 5.41 Å². The molecule has 2 N–H and O–H groups in total. The van der Waals surface area contributed by atoms with Crippen LogP contribution in [0.25, 0.3) is 5.76 Å². The molecule has 0 aromatic heterocycles. The van der Waals surface area contributed by atoms with E-state index in [0.717, 1.165) is 15.9 Å². The Kier molecular flexibility index (Phi) is 6.39. The van der Waals surface area contributed by atoms with Crippen LogP contribution in [0.1, 0.15) is 43.7 Å². The van der Waals surface area contributed by atoms with Crippen molar-refractivity contribution in [1.82, 2.24) is 0 Å². The van der Waals surface area contributed by atoms with Gasteiger partial charge in [0, 0.05) is 49.9 Å². The smallest absolute Gasteiger partial charge is 0.162 e. The molecule has 0 radical (unpaired) electrons. The minimum atomic E-state index is -0.659. The van der Waals surface area contributed by atoms with E-state index < -0.39 is 5.92 Å². The second-order valence-electron chi connectivity index (χ2n) is 10.0. The maximum atomic E-state index is 13.9. The fourth-order valence-electron chi connectivity index (χ4n) is 5.29. The Labute approximate surface area is 224 Å². The van der Waals surface area contributed by atoms with Crippen molar-refractivity contribution in [3.05, 3.63) is 116 Å². The van der Waals surface area contributed by atoms with Crippen molar-refractivity contribution in [3.63, 3.8) is 0 Å². The van der Waals surface area contributed by atoms with E-state index in [1.807, 2.05) is 65.6 Å². The van der Waals surface area contributed by atoms with Crippen LogP contribution in [-0.2, 0) is 4.79 Å². The second-order valence-corrected chi connectivity index (χ2v) is 11.4. The SMILES string of the molecule is CC1(C)CC(=O)C2=C(C1)N(c1cccc(Br)c1)C(=N)/C(=C(/O)c1ccccc1)C2c1ccccc1Cl. The highest BCUT2D eigenvalue weighted by atomic mass is 79.9. The van der Waals surface area contributed by atoms with Crippen LogP contribution in [0.15, 0.2) is 100 Å². The maximum absolute atomic E-state index is 13.9. The summed E-state index contributed by atoms with van der Waals surface area (Å²) in [5.74, 6) is -0.552. The molecular weight excluding hydrogens is 536 g/mol. The number of nitrogens with zero attached hydrogens (tertiary/aromatic N) is 1. The van der Waals surface area contributed by atoms with Gasteiger partial charge in [-0.05, 0) is 41.7 Å². The zero-order chi connectivity index (χ0) is 25.6. The molecule has 5 rings (SSSR count). The van der Waals surface area contributed by atoms with E-state index in [9.17, 15) is 15.3 Å². The van der Waals surface area contributed by atoms with Crippen LogP contribution in [0.4, 0.5) is 5.69 Å². The van der Waals surface area contributed by atoms with E-state index in [0.29, 0.717) is 40.1 Å². The van der Waals surface area contributed by atoms with Gasteiger partial charge >= 0.3 is 0 Å². The van der Waals surface area contributed by atoms with Gasteiger partial charge in [-0.25, -0.2) is 0 Å². The Morgan fingerprint density at radius 2 is 1.72 bits per heavy atom. The van der Waals surface area contributed by atoms with Crippen molar-refractivity contribution in [2.75, 3.05) is 4.90 Å². The van der Waals surface area contributed by atoms with E-state index in [-0.39, 0.29) is 22.8 Å². The number of carbonyl (C=O) groups is 1. The molecule has 4 nitrogen and oxygen atoms in total. The number of aliphatic hydroxyl groups is 1. The van der Waals surface area contributed by atoms with Crippen molar-refractivity contribution in [2.45, 2.75) is 32.6 Å². The Hall–Kier alpha value is -3.15. The number of halogens is 2. The van der Waals surface area contributed by atoms with Gasteiger partial charge in [0.1, 0.15) is 11.6 Å². The van der Waals surface area contributed by atoms with Gasteiger partial charge in [0.05, 0.1) is 0 Å². The number of anilines is 1. The third-order valence-corrected chi connectivity index (χ3v) is 7.64. The Morgan fingerprint density at radius 1 is 1.03 bits per heavy atom. The molecule has 1 aliphatic carbocycles. The van der Waals surface area contributed by atoms with Gasteiger partial charge in [0.25, 0.3) is 0 Å². The van der Waals surface area contributed by atoms with Crippen molar-refractivity contribution < 1.29 is 9.90 Å². The van der Waals surface area contributed by atoms with Crippen LogP contribution in [-0.4, -0.2) is 16.7 Å². The molecule has 1 unspecified atom stereocenters. The van der Waals surface area contributed by atoms with Crippen LogP contribution in [0.3, 0.4) is 0 Å². The van der Waals surface area contributed by atoms with Crippen molar-refractivity contribution in [3.8, 4) is 0 Å². The minimum absolute atomic E-state index is 0.0111. The molecule has 0 saturated heterocycles. The summed E-state index contributed by atoms with van der Waals surface area (Å²) in [6.07, 6.45) is 0.995. The largest absolute Gasteiger partial charge is 0.507 e. The summed E-state index contributed by atoms with van der Waals surface area (Å²) in [4.78, 5) is 15.7. The summed E-state index contributed by atoms with van der Waals surface area (Å²) in [5.41, 5.74) is 3.51. The zero-order valence-corrected chi connectivity index (χ0v) is 22.4. The number of carbonyl (C=O) groups excluding carboxylic acids is 1. The van der Waals surface area contributed by atoms with Crippen LogP contribution < -0.4 is 4.90 Å². The number of allylic oxidation sites excluding steroid dienone is 2. The number of hydrogen-bond acceptors (Lipinski definition) is 3. The van der Waals surface area contributed by atoms with E-state index >= 15 is 0 Å². The van der Waals surface area contributed by atoms with Crippen molar-refractivity contribution >= 4 is 50.6 Å². The average Bonchev–Trinajstić information content (AvgIpc) is 2.83. The lowest BCUT2D eigenvalue weighted by Gasteiger charge is -2.45. The van der Waals surface area contributed by atoms with E-state index in [1.165, 1.54) is 0 Å². The monoisotopic (exact) mass is 560 g/mol. The molecule has 3 aromatic carbocycles. The molecule has 1 atom stereocenters. The first-order valence-electron chi connectivity index (χ1n) is 11.8. The first kappa shape index (κ1) is 24.5. The number of nitrogens with one attached hydrogen (secondary N) is 1. The quantitative estimate of drug-likeness (QED) is 0.316. The fraction of sp³-hybridized carbons (Fsp3) is 0.200. The summed E-state index contributed by atoms with van der Waals surface area (Å²) < 4.78 is 0.863. The van der Waals surface area contributed by atoms with E-state index in [2.05, 4.69) is 29.8 Å². The average molecular weight is 562 g/mol. The molecule has 0 bridgehead atoms. The van der Waals surface area contributed by atoms with Crippen LogP contribution in [0.5, 0.6) is 0 Å². The zero-order valence-electron chi connectivity index (χ0n) is 20.1. The lowest BCUT2D eigenvalue weighted by Crippen LogP contribution is -2.45. The third-order valence-electron chi connectivity index (χ3n) is 6.81. The van der Waals surface area contributed by atoms with Crippen LogP contribution in [0.2, 0.25) is 5.02 Å². The maximum Gasteiger partial charge on any atom is 0.162 e. The summed E-state index contributed by atoms with van der Waals surface area (Å²) in [5, 5.41) is 21.6. The second kappa shape index (κ2) is 9.38. The molecule has 0 fully saturated rings. The number of ketones is 1. The highest BCUT2D eigenvalue weighted by Gasteiger charge is 2.47. The molecule has 3 aromatic rings. The van der Waals surface area contributed by atoms with Gasteiger partial charge in [-0.2, -0.15) is 0 Å². The van der Waals surface area contributed by atoms with Gasteiger partial charge in [0.2, 0.25) is 0 Å². The summed E-state index contributed by atoms with van der Waals surface area (Å²) in [6, 6.07) is 24.2. The predicted octanol–water partition coefficient (Wildman–Crippen LogP) is 8.30. The molecule has 0 saturated carbocycles. The lowest BCUT2D eigenvalue weighted by molar-refractivity contribution is -0.118. The highest BCUT2D eigenvalue weighted by molar-refractivity contribution is 9.10. The molecule has 1 heterocycles. The van der Waals surface area contributed by atoms with Gasteiger partial charge in [-0.15, -0.1) is 0 Å². The predicted molar refractivity (Wildman–Crippen MR) is 150 cm³/mol. The molecule has 182 valence electrons. The minimum Gasteiger partial charge on any atom is -0.507 e. The fourth-order valence-corrected chi connectivity index (χ4v) is 5.92. The van der Waals surface area contributed by atoms with E-state index in [1.54, 1.807) is 18.2 Å². The Bertz CT molecular complexity index is 1440. The molecule has 0 amide bonds. The summed E-state index contributed by atoms with van der Waals surface area (Å²) >= 11 is 10.3. The van der Waals surface area contributed by atoms with Gasteiger partial charge in [-0.3, -0.25) is 15.1 Å². The molecule has 6 heteroatoms. The number of rotatable bonds is 3. The summed E-state index contributed by atoms with van der Waals surface area (Å²) in [6.45, 7) is 4.16. The molecule has 36 heavy (non-hydrogen) atoms. The summed E-state index contributed by atoms with van der Waals surface area (Å²) in [7, 11) is 0. The van der Waals surface area contributed by atoms with Crippen LogP contribution in [0, 0.1) is 10.8 Å². The first-order chi connectivity index (χ1) is 17.2. The normalized spacial score (nSPS) is 20.9.